The van der Waals surface area contributed by atoms with Gasteiger partial charge in [-0.25, -0.2) is 4.98 Å². The normalized spacial score (nSPS) is 15.6. The SMILES string of the molecule is O=C(NCC(C(=O)O)C1CCOCC1)c1ccc(OCc2ccccc2)nc1. The van der Waals surface area contributed by atoms with Gasteiger partial charge in [0.1, 0.15) is 6.61 Å². The van der Waals surface area contributed by atoms with Crippen LogP contribution in [-0.2, 0) is 16.1 Å². The molecule has 28 heavy (non-hydrogen) atoms. The molecule has 1 atom stereocenters. The minimum atomic E-state index is -0.894. The van der Waals surface area contributed by atoms with Crippen LogP contribution >= 0.6 is 0 Å². The summed E-state index contributed by atoms with van der Waals surface area (Å²) >= 11 is 0. The van der Waals surface area contributed by atoms with Gasteiger partial charge in [0, 0.05) is 32.0 Å². The van der Waals surface area contributed by atoms with Crippen molar-refractivity contribution in [1.82, 2.24) is 10.3 Å². The second kappa shape index (κ2) is 9.85. The number of hydrogen-bond donors (Lipinski definition) is 2. The van der Waals surface area contributed by atoms with E-state index >= 15 is 0 Å². The summed E-state index contributed by atoms with van der Waals surface area (Å²) < 4.78 is 10.9. The van der Waals surface area contributed by atoms with Gasteiger partial charge in [0.15, 0.2) is 0 Å². The van der Waals surface area contributed by atoms with E-state index in [2.05, 4.69) is 10.3 Å². The number of carbonyl (C=O) groups is 2. The molecule has 0 aliphatic carbocycles. The molecule has 1 aromatic heterocycles. The number of benzene rings is 1. The number of carboxylic acid groups (broad SMARTS) is 1. The molecule has 148 valence electrons. The van der Waals surface area contributed by atoms with Crippen molar-refractivity contribution in [2.45, 2.75) is 19.4 Å². The number of nitrogens with zero attached hydrogens (tertiary/aromatic N) is 1. The molecule has 1 aliphatic rings. The number of pyridine rings is 1. The largest absolute Gasteiger partial charge is 0.481 e. The number of hydrogen-bond acceptors (Lipinski definition) is 5. The highest BCUT2D eigenvalue weighted by Crippen LogP contribution is 2.24. The second-order valence-electron chi connectivity index (χ2n) is 6.76. The maximum Gasteiger partial charge on any atom is 0.308 e. The van der Waals surface area contributed by atoms with Gasteiger partial charge in [-0.3, -0.25) is 9.59 Å². The van der Waals surface area contributed by atoms with Crippen molar-refractivity contribution in [1.29, 1.82) is 0 Å². The van der Waals surface area contributed by atoms with Gasteiger partial charge in [0.05, 0.1) is 11.5 Å². The molecule has 2 aromatic rings. The molecule has 1 aromatic carbocycles. The Morgan fingerprint density at radius 1 is 1.18 bits per heavy atom. The average Bonchev–Trinajstić information content (AvgIpc) is 2.74. The third kappa shape index (κ3) is 5.53. The van der Waals surface area contributed by atoms with Crippen molar-refractivity contribution >= 4 is 11.9 Å². The van der Waals surface area contributed by atoms with Crippen LogP contribution in [-0.4, -0.2) is 41.7 Å². The van der Waals surface area contributed by atoms with Gasteiger partial charge in [-0.05, 0) is 30.4 Å². The zero-order valence-corrected chi connectivity index (χ0v) is 15.5. The van der Waals surface area contributed by atoms with Crippen LogP contribution in [0.25, 0.3) is 0 Å². The number of nitrogens with one attached hydrogen (secondary N) is 1. The highest BCUT2D eigenvalue weighted by Gasteiger charge is 2.30. The van der Waals surface area contributed by atoms with Crippen LogP contribution in [0.3, 0.4) is 0 Å². The van der Waals surface area contributed by atoms with Crippen molar-refractivity contribution in [2.24, 2.45) is 11.8 Å². The molecule has 0 spiro atoms. The molecule has 1 unspecified atom stereocenters. The molecule has 1 amide bonds. The van der Waals surface area contributed by atoms with Gasteiger partial charge < -0.3 is 19.9 Å². The Balaban J connectivity index is 1.51. The van der Waals surface area contributed by atoms with Crippen LogP contribution in [0.1, 0.15) is 28.8 Å². The summed E-state index contributed by atoms with van der Waals surface area (Å²) in [6.07, 6.45) is 2.82. The van der Waals surface area contributed by atoms with Crippen molar-refractivity contribution in [2.75, 3.05) is 19.8 Å². The van der Waals surface area contributed by atoms with Gasteiger partial charge in [0.25, 0.3) is 5.91 Å². The maximum absolute atomic E-state index is 12.3. The molecule has 7 nitrogen and oxygen atoms in total. The highest BCUT2D eigenvalue weighted by atomic mass is 16.5. The summed E-state index contributed by atoms with van der Waals surface area (Å²) in [5.74, 6) is -1.42. The van der Waals surface area contributed by atoms with Crippen LogP contribution in [0.15, 0.2) is 48.7 Å². The van der Waals surface area contributed by atoms with Crippen molar-refractivity contribution < 1.29 is 24.2 Å². The average molecular weight is 384 g/mol. The molecular formula is C21H24N2O5. The summed E-state index contributed by atoms with van der Waals surface area (Å²) in [5.41, 5.74) is 1.39. The van der Waals surface area contributed by atoms with E-state index in [0.29, 0.717) is 44.1 Å². The molecule has 7 heteroatoms. The molecular weight excluding hydrogens is 360 g/mol. The number of aromatic nitrogens is 1. The topological polar surface area (TPSA) is 97.8 Å². The first-order valence-electron chi connectivity index (χ1n) is 9.35. The number of amides is 1. The Morgan fingerprint density at radius 3 is 2.57 bits per heavy atom. The molecule has 2 N–H and O–H groups in total. The van der Waals surface area contributed by atoms with Gasteiger partial charge in [-0.15, -0.1) is 0 Å². The maximum atomic E-state index is 12.3. The van der Waals surface area contributed by atoms with Gasteiger partial charge >= 0.3 is 5.97 Å². The standard InChI is InChI=1S/C21H24N2O5/c24-20(23-13-18(21(25)26)16-8-10-27-11-9-16)17-6-7-19(22-12-17)28-14-15-4-2-1-3-5-15/h1-7,12,16,18H,8-11,13-14H2,(H,23,24)(H,25,26). The summed E-state index contributed by atoms with van der Waals surface area (Å²) in [7, 11) is 0. The van der Waals surface area contributed by atoms with Crippen LogP contribution in [0, 0.1) is 11.8 Å². The first-order chi connectivity index (χ1) is 13.6. The molecule has 3 rings (SSSR count). The minimum absolute atomic E-state index is 0.0124. The number of carboxylic acids is 1. The van der Waals surface area contributed by atoms with Gasteiger partial charge in [-0.2, -0.15) is 0 Å². The quantitative estimate of drug-likeness (QED) is 0.726. The lowest BCUT2D eigenvalue weighted by Crippen LogP contribution is -2.39. The fourth-order valence-electron chi connectivity index (χ4n) is 3.21. The lowest BCUT2D eigenvalue weighted by Gasteiger charge is -2.27. The molecule has 0 saturated carbocycles. The van der Waals surface area contributed by atoms with Crippen LogP contribution in [0.4, 0.5) is 0 Å². The van der Waals surface area contributed by atoms with E-state index in [-0.39, 0.29) is 18.4 Å². The Morgan fingerprint density at radius 2 is 1.93 bits per heavy atom. The number of carbonyl (C=O) groups excluding carboxylic acids is 1. The van der Waals surface area contributed by atoms with Gasteiger partial charge in [-0.1, -0.05) is 30.3 Å². The first-order valence-corrected chi connectivity index (χ1v) is 9.35. The molecule has 1 saturated heterocycles. The Labute approximate surface area is 163 Å². The van der Waals surface area contributed by atoms with Crippen molar-refractivity contribution in [3.63, 3.8) is 0 Å². The zero-order valence-electron chi connectivity index (χ0n) is 15.5. The Kier molecular flexibility index (Phi) is 6.97. The van der Waals surface area contributed by atoms with Crippen LogP contribution in [0.2, 0.25) is 0 Å². The lowest BCUT2D eigenvalue weighted by atomic mass is 9.86. The highest BCUT2D eigenvalue weighted by molar-refractivity contribution is 5.94. The lowest BCUT2D eigenvalue weighted by molar-refractivity contribution is -0.144. The third-order valence-corrected chi connectivity index (χ3v) is 4.86. The predicted octanol–water partition coefficient (Wildman–Crippen LogP) is 2.52. The van der Waals surface area contributed by atoms with E-state index in [1.165, 1.54) is 6.20 Å². The van der Waals surface area contributed by atoms with Crippen LogP contribution in [0.5, 0.6) is 5.88 Å². The second-order valence-corrected chi connectivity index (χ2v) is 6.76. The fourth-order valence-corrected chi connectivity index (χ4v) is 3.21. The molecule has 1 aliphatic heterocycles. The smallest absolute Gasteiger partial charge is 0.308 e. The summed E-state index contributed by atoms with van der Waals surface area (Å²) in [6.45, 7) is 1.61. The Bertz CT molecular complexity index is 773. The van der Waals surface area contributed by atoms with E-state index in [1.54, 1.807) is 12.1 Å². The van der Waals surface area contributed by atoms with E-state index in [9.17, 15) is 14.7 Å². The fraction of sp³-hybridized carbons (Fsp3) is 0.381. The molecule has 2 heterocycles. The zero-order chi connectivity index (χ0) is 19.8. The Hall–Kier alpha value is -2.93. The van der Waals surface area contributed by atoms with E-state index in [1.807, 2.05) is 30.3 Å². The number of aliphatic carboxylic acids is 1. The predicted molar refractivity (Wildman–Crippen MR) is 102 cm³/mol. The monoisotopic (exact) mass is 384 g/mol. The summed E-state index contributed by atoms with van der Waals surface area (Å²) in [5, 5.41) is 12.2. The van der Waals surface area contributed by atoms with E-state index in [4.69, 9.17) is 9.47 Å². The summed E-state index contributed by atoms with van der Waals surface area (Å²) in [6, 6.07) is 13.0. The van der Waals surface area contributed by atoms with Crippen LogP contribution < -0.4 is 10.1 Å². The third-order valence-electron chi connectivity index (χ3n) is 4.86. The van der Waals surface area contributed by atoms with E-state index < -0.39 is 11.9 Å². The first kappa shape index (κ1) is 19.8. The van der Waals surface area contributed by atoms with Gasteiger partial charge in [0.2, 0.25) is 5.88 Å². The van der Waals surface area contributed by atoms with E-state index in [0.717, 1.165) is 5.56 Å². The number of rotatable bonds is 8. The minimum Gasteiger partial charge on any atom is -0.481 e. The number of ether oxygens (including phenoxy) is 2. The summed E-state index contributed by atoms with van der Waals surface area (Å²) in [4.78, 5) is 28.0. The van der Waals surface area contributed by atoms with Crippen molar-refractivity contribution in [3.05, 3.63) is 59.8 Å². The van der Waals surface area contributed by atoms with Crippen molar-refractivity contribution in [3.8, 4) is 5.88 Å². The molecule has 0 bridgehead atoms. The molecule has 0 radical (unpaired) electrons. The molecule has 1 fully saturated rings.